The standard InChI is InChI=1S/C41H68N10O17/c1-19(2)29(37(63)48-21(34(60)45-17-24(42)52)14-27(55)67-40(6,7)8)50-35(61)20(12-13-26(54)66-39(3,4)5)47-36(62)22(15-28(56)68-41(9,10)11)49-38(64)33-32(59)31(58)30(57)23(65-33)16-44-25(53)18-46-51-43/h19-23,29-33,57-59H,12-18H2,1-11H3,(H2,42,52)(H,44,53)(H,45,60)(H,47,62)(H,48,63)(H,49,64)(H,50,61)/t20-,21-,22-,23?,29-,30?,31?,32?,33?/m0/s1. The largest absolute Gasteiger partial charge is 0.460 e. The topological polar surface area (TPSA) is 415 Å². The number of nitrogens with zero attached hydrogens (tertiary/aromatic N) is 3. The molecule has 0 aromatic rings. The Balaban J connectivity index is 3.62. The van der Waals surface area contributed by atoms with Crippen LogP contribution >= 0.6 is 0 Å². The molecule has 0 bridgehead atoms. The molecule has 1 rings (SSSR count). The maximum Gasteiger partial charge on any atom is 0.308 e. The number of aliphatic hydroxyl groups is 3. The smallest absolute Gasteiger partial charge is 0.308 e. The first-order valence-corrected chi connectivity index (χ1v) is 21.5. The molecule has 68 heavy (non-hydrogen) atoms. The van der Waals surface area contributed by atoms with Crippen molar-refractivity contribution in [3.8, 4) is 0 Å². The first-order valence-electron chi connectivity index (χ1n) is 21.5. The van der Waals surface area contributed by atoms with Gasteiger partial charge < -0.3 is 71.9 Å². The maximum absolute atomic E-state index is 14.2. The van der Waals surface area contributed by atoms with Gasteiger partial charge in [-0.25, -0.2) is 0 Å². The number of nitrogens with two attached hydrogens (primary N) is 1. The Morgan fingerprint density at radius 3 is 1.63 bits per heavy atom. The van der Waals surface area contributed by atoms with Crippen LogP contribution < -0.4 is 37.6 Å². The van der Waals surface area contributed by atoms with E-state index >= 15 is 0 Å². The van der Waals surface area contributed by atoms with Gasteiger partial charge in [0.15, 0.2) is 6.10 Å². The number of rotatable bonds is 23. The van der Waals surface area contributed by atoms with Gasteiger partial charge >= 0.3 is 17.9 Å². The van der Waals surface area contributed by atoms with Gasteiger partial charge in [-0.05, 0) is 80.2 Å². The van der Waals surface area contributed by atoms with Crippen molar-refractivity contribution in [2.75, 3.05) is 19.6 Å². The van der Waals surface area contributed by atoms with Crippen LogP contribution in [-0.2, 0) is 66.9 Å². The number of azide groups is 1. The van der Waals surface area contributed by atoms with Gasteiger partial charge in [-0.15, -0.1) is 0 Å². The fourth-order valence-corrected chi connectivity index (χ4v) is 6.02. The van der Waals surface area contributed by atoms with Crippen molar-refractivity contribution in [2.45, 2.75) is 173 Å². The molecule has 5 unspecified atom stereocenters. The zero-order valence-electron chi connectivity index (χ0n) is 40.2. The van der Waals surface area contributed by atoms with Gasteiger partial charge in [0.1, 0.15) is 71.9 Å². The molecule has 1 aliphatic heterocycles. The second-order valence-electron chi connectivity index (χ2n) is 19.1. The molecular formula is C41H68N10O17. The van der Waals surface area contributed by atoms with E-state index < -0.39 is 182 Å². The number of nitrogens with one attached hydrogen (secondary N) is 6. The number of amides is 7. The molecule has 0 aromatic carbocycles. The summed E-state index contributed by atoms with van der Waals surface area (Å²) in [5.41, 5.74) is 10.5. The second kappa shape index (κ2) is 26.4. The predicted molar refractivity (Wildman–Crippen MR) is 234 cm³/mol. The van der Waals surface area contributed by atoms with Crippen LogP contribution in [0.5, 0.6) is 0 Å². The lowest BCUT2D eigenvalue weighted by Gasteiger charge is -2.40. The minimum Gasteiger partial charge on any atom is -0.460 e. The van der Waals surface area contributed by atoms with E-state index in [2.05, 4.69) is 41.9 Å². The molecule has 1 saturated heterocycles. The summed E-state index contributed by atoms with van der Waals surface area (Å²) in [6.07, 6.45) is -12.3. The molecule has 0 aromatic heterocycles. The average molecular weight is 973 g/mol. The minimum atomic E-state index is -2.14. The third kappa shape index (κ3) is 22.6. The molecule has 7 amide bonds. The van der Waals surface area contributed by atoms with Crippen LogP contribution in [0.2, 0.25) is 0 Å². The minimum absolute atomic E-state index is 0.509. The number of hydrogen-bond donors (Lipinski definition) is 10. The molecule has 9 atom stereocenters. The molecule has 0 radical (unpaired) electrons. The maximum atomic E-state index is 14.2. The van der Waals surface area contributed by atoms with E-state index in [1.165, 1.54) is 34.6 Å². The SMILES string of the molecule is CC(C)[C@H](NC(=O)[C@H](CCC(=O)OC(C)(C)C)NC(=O)[C@H](CC(=O)OC(C)(C)C)NC(=O)C1OC(CNC(=O)CN=[N+]=[N-])C(O)C(O)C1O)C(=O)N[C@@H](CC(=O)OC(C)(C)C)C(=O)NCC(N)=O. The number of primary amides is 1. The summed E-state index contributed by atoms with van der Waals surface area (Å²) in [5, 5.41) is 48.8. The number of ether oxygens (including phenoxy) is 4. The summed E-state index contributed by atoms with van der Waals surface area (Å²) in [6, 6.07) is -6.86. The van der Waals surface area contributed by atoms with Gasteiger partial charge in [-0.3, -0.25) is 47.9 Å². The molecule has 1 aliphatic rings. The quantitative estimate of drug-likeness (QED) is 0.0161. The van der Waals surface area contributed by atoms with Gasteiger partial charge in [0, 0.05) is 17.9 Å². The fourth-order valence-electron chi connectivity index (χ4n) is 6.02. The molecule has 27 nitrogen and oxygen atoms in total. The molecule has 384 valence electrons. The van der Waals surface area contributed by atoms with Crippen molar-refractivity contribution >= 4 is 59.3 Å². The summed E-state index contributed by atoms with van der Waals surface area (Å²) in [4.78, 5) is 134. The summed E-state index contributed by atoms with van der Waals surface area (Å²) in [5.74, 6) is -11.0. The molecule has 0 saturated carbocycles. The highest BCUT2D eigenvalue weighted by Crippen LogP contribution is 2.22. The normalized spacial score (nSPS) is 20.1. The van der Waals surface area contributed by atoms with E-state index in [0.29, 0.717) is 0 Å². The summed E-state index contributed by atoms with van der Waals surface area (Å²) >= 11 is 0. The molecule has 11 N–H and O–H groups in total. The zero-order chi connectivity index (χ0) is 52.5. The third-order valence-corrected chi connectivity index (χ3v) is 8.97. The van der Waals surface area contributed by atoms with Crippen molar-refractivity contribution in [2.24, 2.45) is 16.8 Å². The number of aliphatic hydroxyl groups excluding tert-OH is 3. The van der Waals surface area contributed by atoms with Gasteiger partial charge in [0.2, 0.25) is 35.4 Å². The Kier molecular flexibility index (Phi) is 23.2. The van der Waals surface area contributed by atoms with Crippen molar-refractivity contribution in [1.82, 2.24) is 31.9 Å². The Labute approximate surface area is 393 Å². The Bertz CT molecular complexity index is 1890. The predicted octanol–water partition coefficient (Wildman–Crippen LogP) is -2.95. The second-order valence-corrected chi connectivity index (χ2v) is 19.1. The van der Waals surface area contributed by atoms with Crippen molar-refractivity contribution in [1.29, 1.82) is 0 Å². The van der Waals surface area contributed by atoms with Crippen molar-refractivity contribution in [3.63, 3.8) is 0 Å². The first-order chi connectivity index (χ1) is 31.1. The molecule has 1 heterocycles. The number of carbonyl (C=O) groups excluding carboxylic acids is 10. The Hall–Kier alpha value is -6.15. The van der Waals surface area contributed by atoms with Crippen LogP contribution in [-0.4, -0.2) is 166 Å². The van der Waals surface area contributed by atoms with Gasteiger partial charge in [0.05, 0.1) is 19.4 Å². The lowest BCUT2D eigenvalue weighted by molar-refractivity contribution is -0.219. The van der Waals surface area contributed by atoms with Crippen LogP contribution in [0.3, 0.4) is 0 Å². The summed E-state index contributed by atoms with van der Waals surface area (Å²) < 4.78 is 21.5. The monoisotopic (exact) mass is 972 g/mol. The first kappa shape index (κ1) is 59.9. The van der Waals surface area contributed by atoms with E-state index in [-0.39, 0.29) is 0 Å². The van der Waals surface area contributed by atoms with Crippen molar-refractivity contribution in [3.05, 3.63) is 10.4 Å². The lowest BCUT2D eigenvalue weighted by Crippen LogP contribution is -2.65. The Morgan fingerprint density at radius 2 is 1.15 bits per heavy atom. The highest BCUT2D eigenvalue weighted by atomic mass is 16.6. The molecule has 0 aliphatic carbocycles. The number of hydrogen-bond acceptors (Lipinski definition) is 18. The van der Waals surface area contributed by atoms with Gasteiger partial charge in [-0.2, -0.15) is 0 Å². The fraction of sp³-hybridized carbons (Fsp3) is 0.756. The van der Waals surface area contributed by atoms with E-state index in [0.717, 1.165) is 0 Å². The molecule has 1 fully saturated rings. The van der Waals surface area contributed by atoms with Crippen LogP contribution in [0.15, 0.2) is 5.11 Å². The Morgan fingerprint density at radius 1 is 0.662 bits per heavy atom. The van der Waals surface area contributed by atoms with Crippen molar-refractivity contribution < 1.29 is 82.2 Å². The third-order valence-electron chi connectivity index (χ3n) is 8.97. The van der Waals surface area contributed by atoms with Gasteiger partial charge in [-0.1, -0.05) is 19.0 Å². The van der Waals surface area contributed by atoms with E-state index in [1.807, 2.05) is 0 Å². The molecule has 27 heteroatoms. The highest BCUT2D eigenvalue weighted by Gasteiger charge is 2.47. The van der Waals surface area contributed by atoms with E-state index in [9.17, 15) is 63.3 Å². The lowest BCUT2D eigenvalue weighted by atomic mass is 9.94. The summed E-state index contributed by atoms with van der Waals surface area (Å²) in [6.45, 7) is 15.1. The average Bonchev–Trinajstić information content (AvgIpc) is 3.18. The van der Waals surface area contributed by atoms with E-state index in [1.54, 1.807) is 41.5 Å². The van der Waals surface area contributed by atoms with Crippen LogP contribution in [0.1, 0.15) is 102 Å². The van der Waals surface area contributed by atoms with Gasteiger partial charge in [0.25, 0.3) is 5.91 Å². The molecule has 0 spiro atoms. The number of carbonyl (C=O) groups is 10. The zero-order valence-corrected chi connectivity index (χ0v) is 40.2. The number of esters is 3. The van der Waals surface area contributed by atoms with E-state index in [4.69, 9.17) is 30.2 Å². The van der Waals surface area contributed by atoms with Crippen LogP contribution in [0, 0.1) is 5.92 Å². The van der Waals surface area contributed by atoms with Crippen LogP contribution in [0.4, 0.5) is 0 Å². The van der Waals surface area contributed by atoms with Crippen LogP contribution in [0.25, 0.3) is 10.4 Å². The highest BCUT2D eigenvalue weighted by molar-refractivity contribution is 5.98. The summed E-state index contributed by atoms with van der Waals surface area (Å²) in [7, 11) is 0. The molecular weight excluding hydrogens is 905 g/mol.